The molecular weight excluding hydrogens is 324 g/mol. The Hall–Kier alpha value is -1.73. The van der Waals surface area contributed by atoms with E-state index in [0.717, 1.165) is 49.5 Å². The van der Waals surface area contributed by atoms with Crippen LogP contribution in [-0.4, -0.2) is 46.7 Å². The smallest absolute Gasteiger partial charge is 0.257 e. The van der Waals surface area contributed by atoms with Crippen molar-refractivity contribution in [3.05, 3.63) is 22.9 Å². The summed E-state index contributed by atoms with van der Waals surface area (Å²) in [5.74, 6) is 1.81. The van der Waals surface area contributed by atoms with Crippen LogP contribution in [0.25, 0.3) is 10.8 Å². The normalized spacial score (nSPS) is 19.5. The summed E-state index contributed by atoms with van der Waals surface area (Å²) in [5.41, 5.74) is 0. The quantitative estimate of drug-likeness (QED) is 0.901. The number of aryl methyl sites for hydroxylation is 1. The summed E-state index contributed by atoms with van der Waals surface area (Å²) < 4.78 is 5.89. The molecule has 1 N–H and O–H groups in total. The van der Waals surface area contributed by atoms with Crippen LogP contribution in [0.3, 0.4) is 0 Å². The molecule has 1 saturated carbocycles. The second kappa shape index (κ2) is 6.64. The van der Waals surface area contributed by atoms with Crippen LogP contribution in [0.5, 0.6) is 0 Å². The molecule has 1 saturated heterocycles. The summed E-state index contributed by atoms with van der Waals surface area (Å²) in [5, 5.41) is 11.5. The summed E-state index contributed by atoms with van der Waals surface area (Å²) in [6.07, 6.45) is 4.19. The molecule has 0 spiro atoms. The predicted octanol–water partition coefficient (Wildman–Crippen LogP) is 2.56. The summed E-state index contributed by atoms with van der Waals surface area (Å²) in [4.78, 5) is 16.4. The van der Waals surface area contributed by atoms with E-state index in [1.54, 1.807) is 11.3 Å². The average Bonchev–Trinajstić information content (AvgIpc) is 3.08. The second-order valence-electron chi connectivity index (χ2n) is 6.75. The van der Waals surface area contributed by atoms with Gasteiger partial charge in [-0.2, -0.15) is 0 Å². The molecule has 128 valence electrons. The zero-order valence-electron chi connectivity index (χ0n) is 13.8. The molecule has 3 heterocycles. The van der Waals surface area contributed by atoms with Gasteiger partial charge in [0.05, 0.1) is 11.4 Å². The maximum absolute atomic E-state index is 11.9. The number of aromatic nitrogens is 2. The molecule has 0 radical (unpaired) electrons. The molecule has 0 unspecified atom stereocenters. The van der Waals surface area contributed by atoms with E-state index >= 15 is 0 Å². The number of hydrogen-bond acceptors (Lipinski definition) is 6. The van der Waals surface area contributed by atoms with Gasteiger partial charge in [-0.1, -0.05) is 0 Å². The Kier molecular flexibility index (Phi) is 4.37. The first-order chi connectivity index (χ1) is 11.7. The van der Waals surface area contributed by atoms with Crippen molar-refractivity contribution in [3.8, 4) is 10.8 Å². The highest BCUT2D eigenvalue weighted by molar-refractivity contribution is 7.15. The van der Waals surface area contributed by atoms with Crippen LogP contribution in [0, 0.1) is 6.92 Å². The summed E-state index contributed by atoms with van der Waals surface area (Å²) >= 11 is 1.67. The highest BCUT2D eigenvalue weighted by atomic mass is 32.1. The maximum Gasteiger partial charge on any atom is 0.257 e. The van der Waals surface area contributed by atoms with E-state index < -0.39 is 0 Å². The number of likely N-dealkylation sites (tertiary alicyclic amines) is 1. The molecule has 4 rings (SSSR count). The topological polar surface area (TPSA) is 71.3 Å². The maximum atomic E-state index is 11.9. The highest BCUT2D eigenvalue weighted by Gasteiger charge is 2.28. The third-order valence-corrected chi connectivity index (χ3v) is 5.63. The van der Waals surface area contributed by atoms with Crippen molar-refractivity contribution >= 4 is 17.2 Å². The lowest BCUT2D eigenvalue weighted by molar-refractivity contribution is -0.122. The second-order valence-corrected chi connectivity index (χ2v) is 8.04. The molecule has 0 aromatic carbocycles. The first-order valence-electron chi connectivity index (χ1n) is 8.59. The molecule has 7 heteroatoms. The lowest BCUT2D eigenvalue weighted by Crippen LogP contribution is -2.41. The number of piperidine rings is 1. The Labute approximate surface area is 145 Å². The Bertz CT molecular complexity index is 714. The van der Waals surface area contributed by atoms with Crippen molar-refractivity contribution < 1.29 is 9.21 Å². The van der Waals surface area contributed by atoms with Crippen molar-refractivity contribution in [3.63, 3.8) is 0 Å². The summed E-state index contributed by atoms with van der Waals surface area (Å²) in [6, 6.07) is 4.53. The fraction of sp³-hybridized carbons (Fsp3) is 0.588. The Morgan fingerprint density at radius 1 is 1.29 bits per heavy atom. The van der Waals surface area contributed by atoms with Gasteiger partial charge in [0, 0.05) is 16.8 Å². The molecule has 2 fully saturated rings. The third kappa shape index (κ3) is 3.67. The number of carbonyl (C=O) groups is 1. The van der Waals surface area contributed by atoms with E-state index in [9.17, 15) is 4.79 Å². The minimum atomic E-state index is 0.157. The molecule has 6 nitrogen and oxygen atoms in total. The van der Waals surface area contributed by atoms with Crippen molar-refractivity contribution in [1.29, 1.82) is 0 Å². The largest absolute Gasteiger partial charge is 0.420 e. The van der Waals surface area contributed by atoms with Crippen LogP contribution >= 0.6 is 11.3 Å². The van der Waals surface area contributed by atoms with Gasteiger partial charge in [0.2, 0.25) is 11.8 Å². The number of nitrogens with zero attached hydrogens (tertiary/aromatic N) is 3. The van der Waals surface area contributed by atoms with Gasteiger partial charge in [-0.15, -0.1) is 21.5 Å². The van der Waals surface area contributed by atoms with E-state index in [0.29, 0.717) is 24.4 Å². The van der Waals surface area contributed by atoms with Gasteiger partial charge < -0.3 is 9.73 Å². The van der Waals surface area contributed by atoms with Gasteiger partial charge in [-0.05, 0) is 57.8 Å². The van der Waals surface area contributed by atoms with Gasteiger partial charge in [-0.3, -0.25) is 9.69 Å². The van der Waals surface area contributed by atoms with E-state index in [1.165, 1.54) is 4.88 Å². The van der Waals surface area contributed by atoms with E-state index in [-0.39, 0.29) is 5.91 Å². The summed E-state index contributed by atoms with van der Waals surface area (Å²) in [6.45, 7) is 4.38. The van der Waals surface area contributed by atoms with Crippen LogP contribution in [0.2, 0.25) is 0 Å². The molecule has 2 aliphatic rings. The van der Waals surface area contributed by atoms with E-state index in [4.69, 9.17) is 4.42 Å². The predicted molar refractivity (Wildman–Crippen MR) is 91.9 cm³/mol. The van der Waals surface area contributed by atoms with Crippen LogP contribution in [0.15, 0.2) is 16.5 Å². The first-order valence-corrected chi connectivity index (χ1v) is 9.41. The molecule has 2 aromatic heterocycles. The fourth-order valence-electron chi connectivity index (χ4n) is 3.09. The van der Waals surface area contributed by atoms with Crippen molar-refractivity contribution in [1.82, 2.24) is 20.4 Å². The first kappa shape index (κ1) is 15.8. The molecule has 0 bridgehead atoms. The van der Waals surface area contributed by atoms with Crippen molar-refractivity contribution in [2.45, 2.75) is 44.6 Å². The zero-order valence-corrected chi connectivity index (χ0v) is 14.6. The Morgan fingerprint density at radius 3 is 2.75 bits per heavy atom. The third-order valence-electron chi connectivity index (χ3n) is 4.64. The van der Waals surface area contributed by atoms with Gasteiger partial charge in [-0.25, -0.2) is 0 Å². The van der Waals surface area contributed by atoms with Crippen LogP contribution in [0.1, 0.15) is 42.4 Å². The van der Waals surface area contributed by atoms with Crippen LogP contribution in [0.4, 0.5) is 0 Å². The summed E-state index contributed by atoms with van der Waals surface area (Å²) in [7, 11) is 0. The molecule has 1 aliphatic heterocycles. The van der Waals surface area contributed by atoms with Crippen LogP contribution < -0.4 is 5.32 Å². The van der Waals surface area contributed by atoms with Crippen LogP contribution in [-0.2, 0) is 4.79 Å². The number of hydrogen-bond donors (Lipinski definition) is 1. The molecule has 0 atom stereocenters. The highest BCUT2D eigenvalue weighted by Crippen LogP contribution is 2.31. The zero-order chi connectivity index (χ0) is 16.5. The number of amides is 1. The Morgan fingerprint density at radius 2 is 2.08 bits per heavy atom. The van der Waals surface area contributed by atoms with Crippen molar-refractivity contribution in [2.24, 2.45) is 0 Å². The van der Waals surface area contributed by atoms with E-state index in [2.05, 4.69) is 33.4 Å². The monoisotopic (exact) mass is 346 g/mol. The van der Waals surface area contributed by atoms with Gasteiger partial charge in [0.1, 0.15) is 0 Å². The lowest BCUT2D eigenvalue weighted by Gasteiger charge is -2.29. The SMILES string of the molecule is Cc1ccc(-c2nnc(C3CCN(CC(=O)NC4CC4)CC3)o2)s1. The molecular formula is C17H22N4O2S. The Balaban J connectivity index is 1.31. The van der Waals surface area contributed by atoms with Gasteiger partial charge >= 0.3 is 0 Å². The fourth-order valence-corrected chi connectivity index (χ4v) is 3.88. The molecule has 24 heavy (non-hydrogen) atoms. The molecule has 1 aliphatic carbocycles. The van der Waals surface area contributed by atoms with Gasteiger partial charge in [0.25, 0.3) is 5.89 Å². The standard InChI is InChI=1S/C17H22N4O2S/c1-11-2-5-14(24-11)17-20-19-16(23-17)12-6-8-21(9-7-12)10-15(22)18-13-3-4-13/h2,5,12-13H,3-4,6-10H2,1H3,(H,18,22). The minimum Gasteiger partial charge on any atom is -0.420 e. The average molecular weight is 346 g/mol. The number of rotatable bonds is 5. The van der Waals surface area contributed by atoms with Gasteiger partial charge in [0.15, 0.2) is 0 Å². The number of carbonyl (C=O) groups excluding carboxylic acids is 1. The molecule has 2 aromatic rings. The molecule has 1 amide bonds. The van der Waals surface area contributed by atoms with E-state index in [1.807, 2.05) is 6.07 Å². The van der Waals surface area contributed by atoms with Crippen molar-refractivity contribution in [2.75, 3.05) is 19.6 Å². The minimum absolute atomic E-state index is 0.157. The number of nitrogens with one attached hydrogen (secondary N) is 1. The number of thiophene rings is 1. The lowest BCUT2D eigenvalue weighted by atomic mass is 9.97.